The van der Waals surface area contributed by atoms with Gasteiger partial charge in [0.1, 0.15) is 4.90 Å². The second kappa shape index (κ2) is 7.79. The number of hydrogen-bond acceptors (Lipinski definition) is 5. The van der Waals surface area contributed by atoms with Crippen LogP contribution in [0.15, 0.2) is 4.90 Å². The molecule has 0 fully saturated rings. The monoisotopic (exact) mass is 336 g/mol. The summed E-state index contributed by atoms with van der Waals surface area (Å²) in [4.78, 5) is 11.7. The number of unbranched alkanes of at least 4 members (excludes halogenated alkanes) is 3. The van der Waals surface area contributed by atoms with Crippen LogP contribution in [0.4, 0.5) is 0 Å². The number of halogens is 1. The first-order valence-electron chi connectivity index (χ1n) is 6.99. The Morgan fingerprint density at radius 3 is 2.52 bits per heavy atom. The Bertz CT molecular complexity index is 581. The Morgan fingerprint density at radius 2 is 2.00 bits per heavy atom. The summed E-state index contributed by atoms with van der Waals surface area (Å²) < 4.78 is 28.4. The Kier molecular flexibility index (Phi) is 6.67. The summed E-state index contributed by atoms with van der Waals surface area (Å²) in [6, 6.07) is 0. The molecule has 0 aromatic carbocycles. The number of rotatable bonds is 8. The number of H-pyrrole nitrogens is 1. The van der Waals surface area contributed by atoms with Crippen LogP contribution in [-0.2, 0) is 13.8 Å². The van der Waals surface area contributed by atoms with E-state index in [2.05, 4.69) is 17.1 Å². The van der Waals surface area contributed by atoms with Crippen molar-refractivity contribution in [1.82, 2.24) is 10.2 Å². The van der Waals surface area contributed by atoms with Crippen molar-refractivity contribution in [1.29, 1.82) is 0 Å². The first-order chi connectivity index (χ1) is 9.79. The van der Waals surface area contributed by atoms with E-state index in [1.807, 2.05) is 0 Å². The van der Waals surface area contributed by atoms with Crippen molar-refractivity contribution in [3.63, 3.8) is 0 Å². The van der Waals surface area contributed by atoms with E-state index in [9.17, 15) is 13.2 Å². The number of nitrogens with one attached hydrogen (secondary N) is 1. The van der Waals surface area contributed by atoms with Gasteiger partial charge < -0.3 is 4.74 Å². The van der Waals surface area contributed by atoms with Gasteiger partial charge in [-0.2, -0.15) is 5.10 Å². The molecule has 1 aromatic rings. The Morgan fingerprint density at radius 1 is 1.33 bits per heavy atom. The van der Waals surface area contributed by atoms with Crippen molar-refractivity contribution in [3.8, 4) is 0 Å². The molecule has 0 spiro atoms. The molecule has 0 aliphatic carbocycles. The van der Waals surface area contributed by atoms with E-state index in [-0.39, 0.29) is 23.1 Å². The highest BCUT2D eigenvalue weighted by Gasteiger charge is 2.30. The fourth-order valence-electron chi connectivity index (χ4n) is 1.88. The number of aromatic amines is 1. The predicted molar refractivity (Wildman–Crippen MR) is 80.1 cm³/mol. The number of hydrogen-bond donors (Lipinski definition) is 1. The van der Waals surface area contributed by atoms with Crippen molar-refractivity contribution < 1.29 is 17.9 Å². The maximum absolute atomic E-state index is 12.0. The van der Waals surface area contributed by atoms with Crippen LogP contribution in [0, 0.1) is 0 Å². The highest BCUT2D eigenvalue weighted by atomic mass is 35.7. The predicted octanol–water partition coefficient (Wildman–Crippen LogP) is 3.20. The molecule has 0 saturated carbocycles. The van der Waals surface area contributed by atoms with Gasteiger partial charge in [0.15, 0.2) is 5.69 Å². The molecule has 1 rings (SSSR count). The number of carbonyl (C=O) groups excluding carboxylic acids is 1. The third-order valence-corrected chi connectivity index (χ3v) is 4.36. The summed E-state index contributed by atoms with van der Waals surface area (Å²) in [7, 11) is 1.33. The molecule has 1 heterocycles. The van der Waals surface area contributed by atoms with E-state index in [1.54, 1.807) is 13.8 Å². The lowest BCUT2D eigenvalue weighted by molar-refractivity contribution is 0.0486. The van der Waals surface area contributed by atoms with Crippen LogP contribution in [0.5, 0.6) is 0 Å². The molecule has 21 heavy (non-hydrogen) atoms. The first-order valence-corrected chi connectivity index (χ1v) is 9.30. The van der Waals surface area contributed by atoms with Crippen molar-refractivity contribution in [2.24, 2.45) is 0 Å². The lowest BCUT2D eigenvalue weighted by Crippen LogP contribution is -2.11. The average molecular weight is 337 g/mol. The molecular formula is C13H21ClN2O4S. The van der Waals surface area contributed by atoms with Gasteiger partial charge in [0, 0.05) is 10.7 Å². The van der Waals surface area contributed by atoms with Gasteiger partial charge in [-0.1, -0.05) is 40.0 Å². The SMILES string of the molecule is CCCCCCOC(=O)c1n[nH]c(C(C)C)c1S(=O)(=O)Cl. The van der Waals surface area contributed by atoms with Crippen LogP contribution in [-0.4, -0.2) is 31.2 Å². The van der Waals surface area contributed by atoms with E-state index in [4.69, 9.17) is 15.4 Å². The minimum atomic E-state index is -4.07. The third kappa shape index (κ3) is 5.00. The van der Waals surface area contributed by atoms with Crippen LogP contribution in [0.3, 0.4) is 0 Å². The first kappa shape index (κ1) is 18.0. The molecule has 0 amide bonds. The lowest BCUT2D eigenvalue weighted by Gasteiger charge is -2.06. The van der Waals surface area contributed by atoms with E-state index < -0.39 is 15.0 Å². The highest BCUT2D eigenvalue weighted by molar-refractivity contribution is 8.13. The number of nitrogens with zero attached hydrogens (tertiary/aromatic N) is 1. The highest BCUT2D eigenvalue weighted by Crippen LogP contribution is 2.28. The second-order valence-electron chi connectivity index (χ2n) is 5.10. The fraction of sp³-hybridized carbons (Fsp3) is 0.692. The number of esters is 1. The van der Waals surface area contributed by atoms with Crippen molar-refractivity contribution >= 4 is 25.7 Å². The van der Waals surface area contributed by atoms with Crippen molar-refractivity contribution in [2.45, 2.75) is 57.3 Å². The maximum atomic E-state index is 12.0. The minimum Gasteiger partial charge on any atom is -0.461 e. The summed E-state index contributed by atoms with van der Waals surface area (Å²) in [5.41, 5.74) is 0.0344. The summed E-state index contributed by atoms with van der Waals surface area (Å²) in [6.45, 7) is 5.88. The normalized spacial score (nSPS) is 11.9. The number of ether oxygens (including phenoxy) is 1. The molecule has 120 valence electrons. The molecule has 1 aromatic heterocycles. The fourth-order valence-corrected chi connectivity index (χ4v) is 3.26. The van der Waals surface area contributed by atoms with Crippen LogP contribution in [0.25, 0.3) is 0 Å². The zero-order valence-electron chi connectivity index (χ0n) is 12.5. The topological polar surface area (TPSA) is 89.1 Å². The van der Waals surface area contributed by atoms with Gasteiger partial charge in [-0.05, 0) is 12.3 Å². The van der Waals surface area contributed by atoms with Gasteiger partial charge in [0.2, 0.25) is 0 Å². The average Bonchev–Trinajstić information content (AvgIpc) is 2.83. The Labute approximate surface area is 129 Å². The lowest BCUT2D eigenvalue weighted by atomic mass is 10.1. The molecule has 0 aliphatic heterocycles. The Hall–Kier alpha value is -1.08. The van der Waals surface area contributed by atoms with Crippen molar-refractivity contribution in [3.05, 3.63) is 11.4 Å². The third-order valence-electron chi connectivity index (χ3n) is 2.99. The van der Waals surface area contributed by atoms with Gasteiger partial charge in [-0.15, -0.1) is 0 Å². The smallest absolute Gasteiger partial charge is 0.360 e. The van der Waals surface area contributed by atoms with Crippen LogP contribution < -0.4 is 0 Å². The maximum Gasteiger partial charge on any atom is 0.360 e. The molecule has 0 bridgehead atoms. The Balaban J connectivity index is 2.85. The molecule has 0 atom stereocenters. The zero-order chi connectivity index (χ0) is 16.0. The van der Waals surface area contributed by atoms with Gasteiger partial charge in [-0.3, -0.25) is 5.10 Å². The molecule has 1 N–H and O–H groups in total. The van der Waals surface area contributed by atoms with Crippen LogP contribution in [0.2, 0.25) is 0 Å². The molecule has 0 unspecified atom stereocenters. The van der Waals surface area contributed by atoms with E-state index >= 15 is 0 Å². The molecular weight excluding hydrogens is 316 g/mol. The van der Waals surface area contributed by atoms with E-state index in [0.29, 0.717) is 5.69 Å². The standard InChI is InChI=1S/C13H21ClN2O4S/c1-4-5-6-7-8-20-13(17)11-12(21(14,18)19)10(9(2)3)15-16-11/h9H,4-8H2,1-3H3,(H,15,16). The molecule has 8 heteroatoms. The van der Waals surface area contributed by atoms with Gasteiger partial charge >= 0.3 is 5.97 Å². The van der Waals surface area contributed by atoms with Crippen LogP contribution in [0.1, 0.15) is 68.6 Å². The van der Waals surface area contributed by atoms with Crippen LogP contribution >= 0.6 is 10.7 Å². The van der Waals surface area contributed by atoms with E-state index in [1.165, 1.54) is 0 Å². The van der Waals surface area contributed by atoms with E-state index in [0.717, 1.165) is 25.7 Å². The summed E-state index contributed by atoms with van der Waals surface area (Å²) >= 11 is 0. The summed E-state index contributed by atoms with van der Waals surface area (Å²) in [6.07, 6.45) is 3.85. The molecule has 6 nitrogen and oxygen atoms in total. The molecule has 0 saturated heterocycles. The second-order valence-corrected chi connectivity index (χ2v) is 7.61. The molecule has 0 radical (unpaired) electrons. The summed E-state index contributed by atoms with van der Waals surface area (Å²) in [5.74, 6) is -0.930. The number of aromatic nitrogens is 2. The summed E-state index contributed by atoms with van der Waals surface area (Å²) in [5, 5.41) is 6.31. The van der Waals surface area contributed by atoms with Crippen molar-refractivity contribution in [2.75, 3.05) is 6.61 Å². The van der Waals surface area contributed by atoms with Gasteiger partial charge in [0.05, 0.1) is 12.3 Å². The van der Waals surface area contributed by atoms with Gasteiger partial charge in [0.25, 0.3) is 9.05 Å². The number of carbonyl (C=O) groups is 1. The molecule has 0 aliphatic rings. The zero-order valence-corrected chi connectivity index (χ0v) is 14.1. The largest absolute Gasteiger partial charge is 0.461 e. The minimum absolute atomic E-state index is 0.160. The quantitative estimate of drug-likeness (QED) is 0.447. The van der Waals surface area contributed by atoms with Gasteiger partial charge in [-0.25, -0.2) is 13.2 Å².